The summed E-state index contributed by atoms with van der Waals surface area (Å²) in [4.78, 5) is 2.15. The van der Waals surface area contributed by atoms with Crippen molar-refractivity contribution in [2.45, 2.75) is 32.1 Å². The summed E-state index contributed by atoms with van der Waals surface area (Å²) in [6.07, 6.45) is -4.29. The molecule has 2 aromatic carbocycles. The van der Waals surface area contributed by atoms with Gasteiger partial charge in [0.15, 0.2) is 0 Å². The summed E-state index contributed by atoms with van der Waals surface area (Å²) in [5, 5.41) is 0. The molecule has 2 atom stereocenters. The lowest BCUT2D eigenvalue weighted by Gasteiger charge is -2.31. The average molecular weight is 307 g/mol. The first-order valence-electron chi connectivity index (χ1n) is 7.24. The topological polar surface area (TPSA) is 3.24 Å². The third-order valence-corrected chi connectivity index (χ3v) is 4.22. The van der Waals surface area contributed by atoms with Gasteiger partial charge in [-0.3, -0.25) is 4.90 Å². The van der Waals surface area contributed by atoms with Crippen LogP contribution in [0.4, 0.5) is 13.2 Å². The van der Waals surface area contributed by atoms with E-state index >= 15 is 0 Å². The molecule has 0 aromatic heterocycles. The second-order valence-corrected chi connectivity index (χ2v) is 5.55. The minimum absolute atomic E-state index is 0.0255. The summed E-state index contributed by atoms with van der Waals surface area (Å²) in [7, 11) is 1.99. The zero-order valence-electron chi connectivity index (χ0n) is 12.9. The summed E-state index contributed by atoms with van der Waals surface area (Å²) in [5.74, 6) is 0. The second kappa shape index (κ2) is 6.53. The van der Waals surface area contributed by atoms with Crippen molar-refractivity contribution in [2.24, 2.45) is 0 Å². The van der Waals surface area contributed by atoms with Gasteiger partial charge in [-0.2, -0.15) is 13.2 Å². The lowest BCUT2D eigenvalue weighted by molar-refractivity contribution is -0.137. The fourth-order valence-electron chi connectivity index (χ4n) is 2.49. The number of nitrogens with zero attached hydrogens (tertiary/aromatic N) is 1. The summed E-state index contributed by atoms with van der Waals surface area (Å²) in [6, 6.07) is 15.7. The molecule has 0 aliphatic heterocycles. The molecule has 4 heteroatoms. The third-order valence-electron chi connectivity index (χ3n) is 4.22. The molecule has 0 bridgehead atoms. The van der Waals surface area contributed by atoms with E-state index in [2.05, 4.69) is 24.0 Å². The summed E-state index contributed by atoms with van der Waals surface area (Å²) < 4.78 is 37.9. The van der Waals surface area contributed by atoms with E-state index in [1.165, 1.54) is 5.56 Å². The van der Waals surface area contributed by atoms with Gasteiger partial charge < -0.3 is 0 Å². The smallest absolute Gasteiger partial charge is 0.293 e. The zero-order chi connectivity index (χ0) is 16.3. The maximum absolute atomic E-state index is 12.6. The monoisotopic (exact) mass is 307 g/mol. The van der Waals surface area contributed by atoms with E-state index in [0.717, 1.165) is 17.7 Å². The van der Waals surface area contributed by atoms with Crippen LogP contribution < -0.4 is 0 Å². The Morgan fingerprint density at radius 3 is 1.68 bits per heavy atom. The quantitative estimate of drug-likeness (QED) is 0.725. The van der Waals surface area contributed by atoms with Crippen molar-refractivity contribution < 1.29 is 13.2 Å². The van der Waals surface area contributed by atoms with Crippen LogP contribution in [0.1, 0.15) is 42.6 Å². The Balaban J connectivity index is 2.15. The molecule has 2 rings (SSSR count). The molecule has 0 aliphatic carbocycles. The molecule has 0 N–H and O–H groups in total. The van der Waals surface area contributed by atoms with Crippen molar-refractivity contribution in [2.75, 3.05) is 7.05 Å². The molecule has 0 spiro atoms. The van der Waals surface area contributed by atoms with Gasteiger partial charge in [-0.15, -0.1) is 0 Å². The predicted octanol–water partition coefficient (Wildman–Crippen LogP) is 5.46. The maximum atomic E-state index is 12.6. The largest absolute Gasteiger partial charge is 0.416 e. The van der Waals surface area contributed by atoms with Gasteiger partial charge in [-0.25, -0.2) is 0 Å². The van der Waals surface area contributed by atoms with E-state index in [0.29, 0.717) is 0 Å². The maximum Gasteiger partial charge on any atom is 0.416 e. The van der Waals surface area contributed by atoms with Crippen LogP contribution >= 0.6 is 0 Å². The van der Waals surface area contributed by atoms with Crippen LogP contribution in [0.5, 0.6) is 0 Å². The van der Waals surface area contributed by atoms with Crippen LogP contribution in [0.3, 0.4) is 0 Å². The first kappa shape index (κ1) is 16.6. The molecule has 1 nitrogen and oxygen atoms in total. The SMILES string of the molecule is CC(c1ccccc1)N(C)[C@@H](C)c1ccc(C(F)(F)F)cc1. The Hall–Kier alpha value is -1.81. The van der Waals surface area contributed by atoms with Crippen LogP contribution in [-0.4, -0.2) is 11.9 Å². The van der Waals surface area contributed by atoms with Crippen LogP contribution in [-0.2, 0) is 6.18 Å². The summed E-state index contributed by atoms with van der Waals surface area (Å²) >= 11 is 0. The molecule has 0 radical (unpaired) electrons. The molecule has 0 aliphatic rings. The lowest BCUT2D eigenvalue weighted by atomic mass is 10.0. The Kier molecular flexibility index (Phi) is 4.91. The number of halogens is 3. The number of alkyl halides is 3. The van der Waals surface area contributed by atoms with Gasteiger partial charge in [0.25, 0.3) is 0 Å². The van der Waals surface area contributed by atoms with Crippen molar-refractivity contribution in [3.8, 4) is 0 Å². The first-order chi connectivity index (χ1) is 10.3. The molecule has 0 saturated heterocycles. The van der Waals surface area contributed by atoms with Gasteiger partial charge in [-0.1, -0.05) is 42.5 Å². The van der Waals surface area contributed by atoms with Gasteiger partial charge in [-0.05, 0) is 44.2 Å². The Labute approximate surface area is 129 Å². The van der Waals surface area contributed by atoms with E-state index in [1.54, 1.807) is 12.1 Å². The van der Waals surface area contributed by atoms with E-state index in [4.69, 9.17) is 0 Å². The fraction of sp³-hybridized carbons (Fsp3) is 0.333. The van der Waals surface area contributed by atoms with E-state index in [1.807, 2.05) is 32.2 Å². The highest BCUT2D eigenvalue weighted by molar-refractivity contribution is 5.27. The molecule has 0 fully saturated rings. The molecule has 0 heterocycles. The highest BCUT2D eigenvalue weighted by Gasteiger charge is 2.30. The second-order valence-electron chi connectivity index (χ2n) is 5.55. The van der Waals surface area contributed by atoms with E-state index in [-0.39, 0.29) is 12.1 Å². The molecule has 2 aromatic rings. The Bertz CT molecular complexity index is 590. The van der Waals surface area contributed by atoms with Gasteiger partial charge in [0.2, 0.25) is 0 Å². The van der Waals surface area contributed by atoms with Crippen molar-refractivity contribution >= 4 is 0 Å². The standard InChI is InChI=1S/C18H20F3N/c1-13(15-7-5-4-6-8-15)22(3)14(2)16-9-11-17(12-10-16)18(19,20)21/h4-14H,1-3H3/t13?,14-/m0/s1. The average Bonchev–Trinajstić information content (AvgIpc) is 2.53. The third kappa shape index (κ3) is 3.69. The molecule has 118 valence electrons. The minimum Gasteiger partial charge on any atom is -0.293 e. The van der Waals surface area contributed by atoms with E-state index < -0.39 is 11.7 Å². The molecule has 1 unspecified atom stereocenters. The first-order valence-corrected chi connectivity index (χ1v) is 7.24. The van der Waals surface area contributed by atoms with Crippen LogP contribution in [0.2, 0.25) is 0 Å². The van der Waals surface area contributed by atoms with Crippen LogP contribution in [0.15, 0.2) is 54.6 Å². The van der Waals surface area contributed by atoms with Crippen molar-refractivity contribution in [1.29, 1.82) is 0 Å². The molecular formula is C18H20F3N. The zero-order valence-corrected chi connectivity index (χ0v) is 12.9. The number of benzene rings is 2. The lowest BCUT2D eigenvalue weighted by Crippen LogP contribution is -2.25. The predicted molar refractivity (Wildman–Crippen MR) is 82.5 cm³/mol. The van der Waals surface area contributed by atoms with Crippen molar-refractivity contribution in [1.82, 2.24) is 4.90 Å². The van der Waals surface area contributed by atoms with Gasteiger partial charge in [0.1, 0.15) is 0 Å². The summed E-state index contributed by atoms with van der Waals surface area (Å²) in [5.41, 5.74) is 1.45. The fourth-order valence-corrected chi connectivity index (χ4v) is 2.49. The highest BCUT2D eigenvalue weighted by Crippen LogP contribution is 2.32. The molecular weight excluding hydrogens is 287 g/mol. The van der Waals surface area contributed by atoms with Crippen LogP contribution in [0.25, 0.3) is 0 Å². The van der Waals surface area contributed by atoms with Gasteiger partial charge in [0.05, 0.1) is 5.56 Å². The molecule has 0 saturated carbocycles. The highest BCUT2D eigenvalue weighted by atomic mass is 19.4. The number of hydrogen-bond acceptors (Lipinski definition) is 1. The minimum atomic E-state index is -4.29. The van der Waals surface area contributed by atoms with Crippen molar-refractivity contribution in [3.63, 3.8) is 0 Å². The summed E-state index contributed by atoms with van der Waals surface area (Å²) in [6.45, 7) is 4.10. The Morgan fingerprint density at radius 2 is 1.23 bits per heavy atom. The number of hydrogen-bond donors (Lipinski definition) is 0. The molecule has 0 amide bonds. The van der Waals surface area contributed by atoms with Gasteiger partial charge >= 0.3 is 6.18 Å². The normalized spacial score (nSPS) is 14.9. The van der Waals surface area contributed by atoms with Crippen molar-refractivity contribution in [3.05, 3.63) is 71.3 Å². The van der Waals surface area contributed by atoms with Gasteiger partial charge in [0, 0.05) is 12.1 Å². The van der Waals surface area contributed by atoms with Crippen LogP contribution in [0, 0.1) is 0 Å². The molecule has 22 heavy (non-hydrogen) atoms. The van der Waals surface area contributed by atoms with E-state index in [9.17, 15) is 13.2 Å². The Morgan fingerprint density at radius 1 is 0.773 bits per heavy atom. The number of rotatable bonds is 4.